The predicted octanol–water partition coefficient (Wildman–Crippen LogP) is 2.75. The van der Waals surface area contributed by atoms with Gasteiger partial charge < -0.3 is 5.11 Å². The molecule has 0 saturated carbocycles. The molecule has 0 saturated heterocycles. The van der Waals surface area contributed by atoms with E-state index in [0.717, 1.165) is 0 Å². The van der Waals surface area contributed by atoms with Crippen molar-refractivity contribution in [3.05, 3.63) is 16.4 Å². The smallest absolute Gasteiger partial charge is 0.331 e. The molecule has 16 heavy (non-hydrogen) atoms. The maximum atomic E-state index is 11.5. The van der Waals surface area contributed by atoms with E-state index in [1.807, 2.05) is 13.8 Å². The number of hydrogen-bond acceptors (Lipinski definition) is 2. The van der Waals surface area contributed by atoms with Crippen LogP contribution in [0.2, 0.25) is 5.02 Å². The van der Waals surface area contributed by atoms with Crippen LogP contribution in [0.1, 0.15) is 38.1 Å². The van der Waals surface area contributed by atoms with Gasteiger partial charge in [0.25, 0.3) is 0 Å². The normalized spacial score (nSPS) is 11.8. The van der Waals surface area contributed by atoms with Gasteiger partial charge in [-0.05, 0) is 26.7 Å². The minimum Gasteiger partial charge on any atom is -0.479 e. The molecule has 4 nitrogen and oxygen atoms in total. The molecule has 0 aliphatic carbocycles. The number of carboxylic acids is 1. The summed E-state index contributed by atoms with van der Waals surface area (Å²) in [6.07, 6.45) is 0.967. The second kappa shape index (κ2) is 4.45. The zero-order valence-corrected chi connectivity index (χ0v) is 10.8. The number of aliphatic carboxylic acids is 1. The topological polar surface area (TPSA) is 55.1 Å². The van der Waals surface area contributed by atoms with Crippen LogP contribution >= 0.6 is 11.6 Å². The maximum Gasteiger partial charge on any atom is 0.331 e. The predicted molar refractivity (Wildman–Crippen MR) is 62.9 cm³/mol. The first-order chi connectivity index (χ1) is 7.40. The molecule has 1 rings (SSSR count). The fourth-order valence-corrected chi connectivity index (χ4v) is 2.10. The van der Waals surface area contributed by atoms with Crippen molar-refractivity contribution in [3.63, 3.8) is 0 Å². The lowest BCUT2D eigenvalue weighted by Crippen LogP contribution is -2.42. The minimum absolute atomic E-state index is 0.483. The Morgan fingerprint density at radius 3 is 2.19 bits per heavy atom. The van der Waals surface area contributed by atoms with Crippen molar-refractivity contribution < 1.29 is 9.90 Å². The summed E-state index contributed by atoms with van der Waals surface area (Å²) in [5.41, 5.74) is 0.402. The van der Waals surface area contributed by atoms with Gasteiger partial charge >= 0.3 is 5.97 Å². The molecule has 1 aromatic rings. The van der Waals surface area contributed by atoms with E-state index in [2.05, 4.69) is 5.10 Å². The van der Waals surface area contributed by atoms with E-state index < -0.39 is 11.5 Å². The maximum absolute atomic E-state index is 11.5. The number of rotatable bonds is 4. The lowest BCUT2D eigenvalue weighted by molar-refractivity contribution is -0.148. The van der Waals surface area contributed by atoms with E-state index in [4.69, 9.17) is 11.6 Å². The summed E-state index contributed by atoms with van der Waals surface area (Å²) >= 11 is 6.05. The molecule has 1 aromatic heterocycles. The highest BCUT2D eigenvalue weighted by atomic mass is 35.5. The average molecular weight is 245 g/mol. The molecule has 0 aromatic carbocycles. The van der Waals surface area contributed by atoms with E-state index in [1.165, 1.54) is 0 Å². The Balaban J connectivity index is 3.43. The van der Waals surface area contributed by atoms with Gasteiger partial charge in [-0.2, -0.15) is 5.10 Å². The van der Waals surface area contributed by atoms with Crippen molar-refractivity contribution in [1.29, 1.82) is 0 Å². The number of nitrogens with zero attached hydrogens (tertiary/aromatic N) is 2. The van der Waals surface area contributed by atoms with E-state index >= 15 is 0 Å². The first-order valence-corrected chi connectivity index (χ1v) is 5.74. The van der Waals surface area contributed by atoms with Crippen molar-refractivity contribution in [1.82, 2.24) is 9.78 Å². The summed E-state index contributed by atoms with van der Waals surface area (Å²) in [5, 5.41) is 14.2. The fourth-order valence-electron chi connectivity index (χ4n) is 1.98. The third-order valence-electron chi connectivity index (χ3n) is 3.18. The molecule has 0 atom stereocenters. The highest BCUT2D eigenvalue weighted by Crippen LogP contribution is 2.30. The van der Waals surface area contributed by atoms with Gasteiger partial charge in [-0.1, -0.05) is 25.4 Å². The van der Waals surface area contributed by atoms with Crippen LogP contribution in [0.25, 0.3) is 0 Å². The van der Waals surface area contributed by atoms with Gasteiger partial charge in [-0.3, -0.25) is 4.68 Å². The zero-order valence-electron chi connectivity index (χ0n) is 10.0. The third-order valence-corrected chi connectivity index (χ3v) is 3.72. The van der Waals surface area contributed by atoms with Crippen molar-refractivity contribution >= 4 is 17.6 Å². The van der Waals surface area contributed by atoms with Crippen molar-refractivity contribution in [3.8, 4) is 0 Å². The Morgan fingerprint density at radius 2 is 1.94 bits per heavy atom. The average Bonchev–Trinajstić information content (AvgIpc) is 2.49. The van der Waals surface area contributed by atoms with Gasteiger partial charge in [0.05, 0.1) is 16.4 Å². The molecular weight excluding hydrogens is 228 g/mol. The standard InChI is InChI=1S/C11H17ClN2O2/c1-5-11(6-2,10(15)16)14-8(4)9(12)7(3)13-14/h5-6H2,1-4H3,(H,15,16). The molecule has 0 bridgehead atoms. The summed E-state index contributed by atoms with van der Waals surface area (Å²) in [7, 11) is 0. The SMILES string of the molecule is CCC(CC)(C(=O)O)n1nc(C)c(Cl)c1C. The summed E-state index contributed by atoms with van der Waals surface area (Å²) in [5.74, 6) is -0.861. The van der Waals surface area contributed by atoms with Crippen LogP contribution < -0.4 is 0 Å². The fraction of sp³-hybridized carbons (Fsp3) is 0.636. The van der Waals surface area contributed by atoms with Crippen molar-refractivity contribution in [2.24, 2.45) is 0 Å². The third kappa shape index (κ3) is 1.71. The lowest BCUT2D eigenvalue weighted by Gasteiger charge is -2.28. The molecule has 0 fully saturated rings. The minimum atomic E-state index is -0.984. The number of halogens is 1. The van der Waals surface area contributed by atoms with Crippen LogP contribution in [-0.2, 0) is 10.3 Å². The van der Waals surface area contributed by atoms with Crippen molar-refractivity contribution in [2.75, 3.05) is 0 Å². The zero-order chi connectivity index (χ0) is 12.5. The van der Waals surface area contributed by atoms with Crippen LogP contribution in [0.3, 0.4) is 0 Å². The molecule has 1 N–H and O–H groups in total. The second-order valence-electron chi connectivity index (χ2n) is 3.94. The Hall–Kier alpha value is -1.03. The van der Waals surface area contributed by atoms with Crippen molar-refractivity contribution in [2.45, 2.75) is 46.1 Å². The Labute approximate surface area is 100 Å². The van der Waals surface area contributed by atoms with Gasteiger partial charge in [-0.15, -0.1) is 0 Å². The van der Waals surface area contributed by atoms with E-state index in [-0.39, 0.29) is 0 Å². The molecule has 0 spiro atoms. The number of carboxylic acid groups (broad SMARTS) is 1. The molecular formula is C11H17ClN2O2. The Kier molecular flexibility index (Phi) is 3.63. The van der Waals surface area contributed by atoms with Gasteiger partial charge in [0.2, 0.25) is 0 Å². The number of hydrogen-bond donors (Lipinski definition) is 1. The quantitative estimate of drug-likeness (QED) is 0.886. The molecule has 0 amide bonds. The number of aryl methyl sites for hydroxylation is 1. The lowest BCUT2D eigenvalue weighted by atomic mass is 9.93. The van der Waals surface area contributed by atoms with Gasteiger partial charge in [0.1, 0.15) is 0 Å². The summed E-state index contributed by atoms with van der Waals surface area (Å²) in [6.45, 7) is 7.28. The van der Waals surface area contributed by atoms with Crippen LogP contribution in [0, 0.1) is 13.8 Å². The molecule has 1 heterocycles. The first-order valence-electron chi connectivity index (χ1n) is 5.36. The molecule has 0 aliphatic rings. The highest BCUT2D eigenvalue weighted by molar-refractivity contribution is 6.31. The number of aromatic nitrogens is 2. The molecule has 5 heteroatoms. The van der Waals surface area contributed by atoms with Gasteiger partial charge in [0.15, 0.2) is 5.54 Å². The second-order valence-corrected chi connectivity index (χ2v) is 4.32. The van der Waals surface area contributed by atoms with E-state index in [0.29, 0.717) is 29.3 Å². The summed E-state index contributed by atoms with van der Waals surface area (Å²) < 4.78 is 1.55. The summed E-state index contributed by atoms with van der Waals surface area (Å²) in [6, 6.07) is 0. The summed E-state index contributed by atoms with van der Waals surface area (Å²) in [4.78, 5) is 11.5. The number of carbonyl (C=O) groups is 1. The van der Waals surface area contributed by atoms with Crippen LogP contribution in [0.4, 0.5) is 0 Å². The van der Waals surface area contributed by atoms with Crippen LogP contribution in [0.5, 0.6) is 0 Å². The first kappa shape index (κ1) is 13.0. The van der Waals surface area contributed by atoms with E-state index in [9.17, 15) is 9.90 Å². The highest BCUT2D eigenvalue weighted by Gasteiger charge is 2.39. The van der Waals surface area contributed by atoms with Gasteiger partial charge in [0, 0.05) is 0 Å². The Morgan fingerprint density at radius 1 is 1.44 bits per heavy atom. The van der Waals surface area contributed by atoms with Gasteiger partial charge in [-0.25, -0.2) is 4.79 Å². The molecule has 0 unspecified atom stereocenters. The molecule has 0 aliphatic heterocycles. The largest absolute Gasteiger partial charge is 0.479 e. The molecule has 0 radical (unpaired) electrons. The monoisotopic (exact) mass is 244 g/mol. The van der Waals surface area contributed by atoms with Crippen LogP contribution in [-0.4, -0.2) is 20.9 Å². The van der Waals surface area contributed by atoms with E-state index in [1.54, 1.807) is 18.5 Å². The Bertz CT molecular complexity index is 408. The van der Waals surface area contributed by atoms with Crippen LogP contribution in [0.15, 0.2) is 0 Å². The molecule has 90 valence electrons.